The Morgan fingerprint density at radius 1 is 1.23 bits per heavy atom. The number of benzene rings is 1. The predicted molar refractivity (Wildman–Crippen MR) is 111 cm³/mol. The maximum absolute atomic E-state index is 12.3. The Hall–Kier alpha value is -3.43. The third kappa shape index (κ3) is 6.03. The number of carbonyl (C=O) groups is 2. The summed E-state index contributed by atoms with van der Waals surface area (Å²) < 4.78 is 11.9. The molecule has 1 aliphatic carbocycles. The van der Waals surface area contributed by atoms with Crippen LogP contribution in [0.4, 0.5) is 5.69 Å². The summed E-state index contributed by atoms with van der Waals surface area (Å²) in [6.07, 6.45) is 7.33. The van der Waals surface area contributed by atoms with E-state index in [1.54, 1.807) is 6.92 Å². The van der Waals surface area contributed by atoms with Gasteiger partial charge in [0.05, 0.1) is 23.4 Å². The van der Waals surface area contributed by atoms with Gasteiger partial charge in [-0.25, -0.2) is 9.48 Å². The normalized spacial score (nSPS) is 14.1. The van der Waals surface area contributed by atoms with Gasteiger partial charge in [-0.2, -0.15) is 5.10 Å². The molecule has 166 valence electrons. The van der Waals surface area contributed by atoms with Crippen molar-refractivity contribution < 1.29 is 24.0 Å². The second-order valence-corrected chi connectivity index (χ2v) is 7.38. The van der Waals surface area contributed by atoms with Crippen molar-refractivity contribution >= 4 is 17.6 Å². The van der Waals surface area contributed by atoms with Crippen molar-refractivity contribution in [3.05, 3.63) is 46.3 Å². The fourth-order valence-corrected chi connectivity index (χ4v) is 3.51. The number of esters is 1. The van der Waals surface area contributed by atoms with E-state index in [2.05, 4.69) is 10.4 Å². The molecule has 10 nitrogen and oxygen atoms in total. The van der Waals surface area contributed by atoms with Crippen LogP contribution in [0.3, 0.4) is 0 Å². The molecule has 1 aromatic heterocycles. The lowest BCUT2D eigenvalue weighted by molar-refractivity contribution is -0.384. The third-order valence-corrected chi connectivity index (χ3v) is 5.15. The smallest absolute Gasteiger partial charge is 0.362 e. The number of nitrogens with one attached hydrogen (secondary N) is 1. The van der Waals surface area contributed by atoms with E-state index in [1.165, 1.54) is 54.4 Å². The van der Waals surface area contributed by atoms with Crippen molar-refractivity contribution in [1.82, 2.24) is 15.1 Å². The average molecular weight is 430 g/mol. The molecule has 0 atom stereocenters. The molecule has 1 heterocycles. The molecule has 0 radical (unpaired) electrons. The van der Waals surface area contributed by atoms with Crippen LogP contribution in [0.25, 0.3) is 5.69 Å². The van der Waals surface area contributed by atoms with Gasteiger partial charge in [0.1, 0.15) is 0 Å². The number of hydrogen-bond acceptors (Lipinski definition) is 7. The minimum absolute atomic E-state index is 0.0624. The SMILES string of the molecule is CCOC(=O)c1nn(-c2ccc([N+](=O)[O-])cc2)cc1OCC(=O)NCC1CCCCC1. The summed E-state index contributed by atoms with van der Waals surface area (Å²) in [5.41, 5.74) is 0.362. The summed E-state index contributed by atoms with van der Waals surface area (Å²) >= 11 is 0. The minimum Gasteiger partial charge on any atom is -0.480 e. The lowest BCUT2D eigenvalue weighted by Crippen LogP contribution is -2.33. The van der Waals surface area contributed by atoms with Crippen LogP contribution in [0, 0.1) is 16.0 Å². The Morgan fingerprint density at radius 3 is 2.58 bits per heavy atom. The van der Waals surface area contributed by atoms with Crippen molar-refractivity contribution in [2.75, 3.05) is 19.8 Å². The number of ether oxygens (including phenoxy) is 2. The van der Waals surface area contributed by atoms with Crippen molar-refractivity contribution in [1.29, 1.82) is 0 Å². The van der Waals surface area contributed by atoms with Gasteiger partial charge in [0.2, 0.25) is 5.69 Å². The standard InChI is InChI=1S/C21H26N4O6/c1-2-30-21(27)20-18(31-14-19(26)22-12-15-6-4-3-5-7-15)13-24(23-20)16-8-10-17(11-9-16)25(28)29/h8-11,13,15H,2-7,12,14H2,1H3,(H,22,26). The fraction of sp³-hybridized carbons (Fsp3) is 0.476. The molecule has 0 unspecified atom stereocenters. The van der Waals surface area contributed by atoms with Crippen LogP contribution in [-0.4, -0.2) is 46.3 Å². The molecule has 1 saturated carbocycles. The highest BCUT2D eigenvalue weighted by Crippen LogP contribution is 2.24. The topological polar surface area (TPSA) is 126 Å². The molecule has 1 amide bonds. The van der Waals surface area contributed by atoms with Gasteiger partial charge in [-0.15, -0.1) is 0 Å². The van der Waals surface area contributed by atoms with Crippen molar-refractivity contribution in [2.45, 2.75) is 39.0 Å². The number of nitro benzene ring substituents is 1. The first-order chi connectivity index (χ1) is 15.0. The van der Waals surface area contributed by atoms with Gasteiger partial charge in [0, 0.05) is 18.7 Å². The van der Waals surface area contributed by atoms with Gasteiger partial charge in [0.25, 0.3) is 11.6 Å². The Labute approximate surface area is 179 Å². The Bertz CT molecular complexity index is 918. The Kier molecular flexibility index (Phi) is 7.58. The maximum Gasteiger partial charge on any atom is 0.362 e. The molecule has 2 aromatic rings. The van der Waals surface area contributed by atoms with E-state index in [-0.39, 0.29) is 36.3 Å². The number of nitro groups is 1. The number of amides is 1. The molecule has 3 rings (SSSR count). The first-order valence-corrected chi connectivity index (χ1v) is 10.4. The van der Waals surface area contributed by atoms with Crippen LogP contribution in [0.15, 0.2) is 30.5 Å². The van der Waals surface area contributed by atoms with E-state index in [4.69, 9.17) is 9.47 Å². The Morgan fingerprint density at radius 2 is 1.94 bits per heavy atom. The number of carbonyl (C=O) groups excluding carboxylic acids is 2. The second-order valence-electron chi connectivity index (χ2n) is 7.38. The van der Waals surface area contributed by atoms with Crippen LogP contribution in [0.5, 0.6) is 5.75 Å². The summed E-state index contributed by atoms with van der Waals surface area (Å²) in [6, 6.07) is 5.67. The molecule has 31 heavy (non-hydrogen) atoms. The predicted octanol–water partition coefficient (Wildman–Crippen LogP) is 3.03. The summed E-state index contributed by atoms with van der Waals surface area (Å²) in [4.78, 5) is 34.8. The lowest BCUT2D eigenvalue weighted by Gasteiger charge is -2.21. The van der Waals surface area contributed by atoms with E-state index < -0.39 is 10.9 Å². The first-order valence-electron chi connectivity index (χ1n) is 10.4. The molecule has 1 N–H and O–H groups in total. The minimum atomic E-state index is -0.680. The summed E-state index contributed by atoms with van der Waals surface area (Å²) in [6.45, 7) is 2.19. The number of non-ortho nitro benzene ring substituents is 1. The van der Waals surface area contributed by atoms with Gasteiger partial charge in [-0.1, -0.05) is 19.3 Å². The highest BCUT2D eigenvalue weighted by Gasteiger charge is 2.22. The average Bonchev–Trinajstić information content (AvgIpc) is 3.21. The van der Waals surface area contributed by atoms with E-state index in [0.29, 0.717) is 18.2 Å². The zero-order chi connectivity index (χ0) is 22.2. The summed E-state index contributed by atoms with van der Waals surface area (Å²) in [7, 11) is 0. The first kappa shape index (κ1) is 22.3. The van der Waals surface area contributed by atoms with Crippen LogP contribution in [0.2, 0.25) is 0 Å². The van der Waals surface area contributed by atoms with Gasteiger partial charge >= 0.3 is 5.97 Å². The van der Waals surface area contributed by atoms with Crippen LogP contribution >= 0.6 is 0 Å². The molecule has 1 aromatic carbocycles. The highest BCUT2D eigenvalue weighted by molar-refractivity contribution is 5.90. The van der Waals surface area contributed by atoms with Crippen LogP contribution in [0.1, 0.15) is 49.5 Å². The number of rotatable bonds is 9. The lowest BCUT2D eigenvalue weighted by atomic mass is 9.89. The molecular weight excluding hydrogens is 404 g/mol. The fourth-order valence-electron chi connectivity index (χ4n) is 3.51. The van der Waals surface area contributed by atoms with Gasteiger partial charge < -0.3 is 14.8 Å². The maximum atomic E-state index is 12.3. The molecule has 10 heteroatoms. The molecule has 0 saturated heterocycles. The molecule has 0 bridgehead atoms. The second kappa shape index (κ2) is 10.6. The van der Waals surface area contributed by atoms with Crippen molar-refractivity contribution in [3.63, 3.8) is 0 Å². The highest BCUT2D eigenvalue weighted by atomic mass is 16.6. The quantitative estimate of drug-likeness (QED) is 0.368. The molecule has 0 aliphatic heterocycles. The summed E-state index contributed by atoms with van der Waals surface area (Å²) in [5, 5.41) is 17.9. The number of nitrogens with zero attached hydrogens (tertiary/aromatic N) is 3. The monoisotopic (exact) mass is 430 g/mol. The third-order valence-electron chi connectivity index (χ3n) is 5.15. The van der Waals surface area contributed by atoms with Gasteiger partial charge in [-0.3, -0.25) is 14.9 Å². The van der Waals surface area contributed by atoms with Crippen LogP contribution in [-0.2, 0) is 9.53 Å². The van der Waals surface area contributed by atoms with Crippen molar-refractivity contribution in [2.24, 2.45) is 5.92 Å². The zero-order valence-corrected chi connectivity index (χ0v) is 17.4. The van der Waals surface area contributed by atoms with Gasteiger partial charge in [0.15, 0.2) is 12.4 Å². The molecule has 1 aliphatic rings. The largest absolute Gasteiger partial charge is 0.480 e. The van der Waals surface area contributed by atoms with Crippen molar-refractivity contribution in [3.8, 4) is 11.4 Å². The van der Waals surface area contributed by atoms with Crippen LogP contribution < -0.4 is 10.1 Å². The molecular formula is C21H26N4O6. The Balaban J connectivity index is 1.68. The van der Waals surface area contributed by atoms with E-state index in [1.807, 2.05) is 0 Å². The number of hydrogen-bond donors (Lipinski definition) is 1. The van der Waals surface area contributed by atoms with E-state index in [9.17, 15) is 19.7 Å². The molecule has 0 spiro atoms. The van der Waals surface area contributed by atoms with E-state index >= 15 is 0 Å². The van der Waals surface area contributed by atoms with Gasteiger partial charge in [-0.05, 0) is 37.8 Å². The van der Waals surface area contributed by atoms with E-state index in [0.717, 1.165) is 12.8 Å². The molecule has 1 fully saturated rings. The zero-order valence-electron chi connectivity index (χ0n) is 17.4. The summed E-state index contributed by atoms with van der Waals surface area (Å²) in [5.74, 6) is -0.355. The number of aromatic nitrogens is 2.